The number of carbonyl (C=O) groups excluding carboxylic acids is 3. The molecule has 1 aromatic carbocycles. The van der Waals surface area contributed by atoms with Crippen molar-refractivity contribution in [2.75, 3.05) is 6.61 Å². The van der Waals surface area contributed by atoms with E-state index in [1.807, 2.05) is 0 Å². The molecule has 2 N–H and O–H groups in total. The number of urea groups is 1. The highest BCUT2D eigenvalue weighted by Gasteiger charge is 2.51. The Morgan fingerprint density at radius 2 is 1.71 bits per heavy atom. The lowest BCUT2D eigenvalue weighted by molar-refractivity contribution is -0.123. The number of imide groups is 1. The second-order valence-electron chi connectivity index (χ2n) is 9.92. The van der Waals surface area contributed by atoms with Gasteiger partial charge in [0.15, 0.2) is 6.61 Å². The molecule has 0 radical (unpaired) electrons. The fourth-order valence-electron chi connectivity index (χ4n) is 6.39. The van der Waals surface area contributed by atoms with Crippen LogP contribution in [0, 0.1) is 30.5 Å². The molecule has 0 spiro atoms. The van der Waals surface area contributed by atoms with Crippen LogP contribution < -0.4 is 10.6 Å². The highest BCUT2D eigenvalue weighted by atomic mass is 35.5. The summed E-state index contributed by atoms with van der Waals surface area (Å²) in [4.78, 5) is 37.3. The molecule has 0 aliphatic heterocycles. The maximum atomic E-state index is 13.2. The lowest BCUT2D eigenvalue weighted by Gasteiger charge is -2.56. The van der Waals surface area contributed by atoms with Gasteiger partial charge in [0, 0.05) is 5.54 Å². The molecule has 180 valence electrons. The van der Waals surface area contributed by atoms with E-state index in [1.165, 1.54) is 48.2 Å². The van der Waals surface area contributed by atoms with Gasteiger partial charge in [-0.2, -0.15) is 5.10 Å². The van der Waals surface area contributed by atoms with Gasteiger partial charge < -0.3 is 10.1 Å². The summed E-state index contributed by atoms with van der Waals surface area (Å²) in [6.45, 7) is 0.937. The van der Waals surface area contributed by atoms with E-state index in [-0.39, 0.29) is 16.3 Å². The van der Waals surface area contributed by atoms with Crippen LogP contribution >= 0.6 is 11.6 Å². The van der Waals surface area contributed by atoms with E-state index in [0.29, 0.717) is 29.1 Å². The zero-order valence-electron chi connectivity index (χ0n) is 18.8. The Hall–Kier alpha value is -2.94. The fourth-order valence-corrected chi connectivity index (χ4v) is 6.74. The third-order valence-electron chi connectivity index (χ3n) is 7.28. The maximum Gasteiger partial charge on any atom is 0.343 e. The number of hydrogen-bond donors (Lipinski definition) is 2. The van der Waals surface area contributed by atoms with Crippen LogP contribution in [-0.4, -0.2) is 39.8 Å². The molecule has 0 unspecified atom stereocenters. The molecular formula is C24H26ClFN4O4. The van der Waals surface area contributed by atoms with Crippen LogP contribution in [0.3, 0.4) is 0 Å². The van der Waals surface area contributed by atoms with Crippen LogP contribution in [-0.2, 0) is 9.53 Å². The molecule has 1 aromatic heterocycles. The number of amides is 3. The minimum atomic E-state index is -0.840. The summed E-state index contributed by atoms with van der Waals surface area (Å²) in [5, 5.41) is 9.51. The zero-order chi connectivity index (χ0) is 24.0. The number of nitrogens with one attached hydrogen (secondary N) is 2. The first-order valence-electron chi connectivity index (χ1n) is 11.5. The monoisotopic (exact) mass is 488 g/mol. The first-order chi connectivity index (χ1) is 16.2. The summed E-state index contributed by atoms with van der Waals surface area (Å²) in [6, 6.07) is 4.89. The molecule has 0 saturated heterocycles. The zero-order valence-corrected chi connectivity index (χ0v) is 19.5. The van der Waals surface area contributed by atoms with Crippen molar-refractivity contribution in [1.82, 2.24) is 20.4 Å². The van der Waals surface area contributed by atoms with Gasteiger partial charge in [0.25, 0.3) is 5.91 Å². The van der Waals surface area contributed by atoms with Crippen LogP contribution in [0.1, 0.15) is 54.6 Å². The molecule has 4 bridgehead atoms. The van der Waals surface area contributed by atoms with Crippen molar-refractivity contribution in [2.24, 2.45) is 17.8 Å². The van der Waals surface area contributed by atoms with Crippen molar-refractivity contribution in [1.29, 1.82) is 0 Å². The molecule has 4 aliphatic rings. The van der Waals surface area contributed by atoms with Gasteiger partial charge in [-0.25, -0.2) is 18.7 Å². The quantitative estimate of drug-likeness (QED) is 0.621. The number of esters is 1. The predicted molar refractivity (Wildman–Crippen MR) is 121 cm³/mol. The number of hydrogen-bond acceptors (Lipinski definition) is 5. The number of benzene rings is 1. The van der Waals surface area contributed by atoms with E-state index in [1.54, 1.807) is 6.92 Å². The Kier molecular flexibility index (Phi) is 5.83. The van der Waals surface area contributed by atoms with E-state index in [0.717, 1.165) is 19.3 Å². The summed E-state index contributed by atoms with van der Waals surface area (Å²) in [5.74, 6) is -0.00419. The molecule has 10 heteroatoms. The summed E-state index contributed by atoms with van der Waals surface area (Å²) in [6.07, 6.45) is 6.63. The normalized spacial score (nSPS) is 26.9. The predicted octanol–water partition coefficient (Wildman–Crippen LogP) is 3.92. The summed E-state index contributed by atoms with van der Waals surface area (Å²) in [5.41, 5.74) is 0.527. The minimum absolute atomic E-state index is 0.00295. The topological polar surface area (TPSA) is 102 Å². The van der Waals surface area contributed by atoms with Crippen LogP contribution in [0.15, 0.2) is 24.3 Å². The third-order valence-corrected chi connectivity index (χ3v) is 7.63. The molecule has 34 heavy (non-hydrogen) atoms. The highest BCUT2D eigenvalue weighted by molar-refractivity contribution is 6.33. The number of nitrogens with zero attached hydrogens (tertiary/aromatic N) is 2. The van der Waals surface area contributed by atoms with Crippen LogP contribution in [0.2, 0.25) is 5.15 Å². The maximum absolute atomic E-state index is 13.2. The molecule has 2 aromatic rings. The Morgan fingerprint density at radius 1 is 1.12 bits per heavy atom. The van der Waals surface area contributed by atoms with Gasteiger partial charge in [-0.3, -0.25) is 10.1 Å². The van der Waals surface area contributed by atoms with E-state index < -0.39 is 30.3 Å². The van der Waals surface area contributed by atoms with Crippen molar-refractivity contribution in [3.05, 3.63) is 46.5 Å². The number of aromatic nitrogens is 2. The first-order valence-corrected chi connectivity index (χ1v) is 11.9. The van der Waals surface area contributed by atoms with Crippen molar-refractivity contribution in [3.63, 3.8) is 0 Å². The van der Waals surface area contributed by atoms with Crippen LogP contribution in [0.4, 0.5) is 9.18 Å². The summed E-state index contributed by atoms with van der Waals surface area (Å²) < 4.78 is 19.6. The number of rotatable bonds is 5. The largest absolute Gasteiger partial charge is 0.452 e. The van der Waals surface area contributed by atoms with E-state index in [4.69, 9.17) is 16.3 Å². The van der Waals surface area contributed by atoms with Crippen molar-refractivity contribution >= 4 is 29.5 Å². The van der Waals surface area contributed by atoms with E-state index in [2.05, 4.69) is 15.7 Å². The smallest absolute Gasteiger partial charge is 0.343 e. The Bertz CT molecular complexity index is 1110. The molecule has 3 amide bonds. The number of carbonyl (C=O) groups is 3. The Labute approximate surface area is 201 Å². The molecule has 0 atom stereocenters. The lowest BCUT2D eigenvalue weighted by atomic mass is 9.53. The van der Waals surface area contributed by atoms with Gasteiger partial charge in [0.1, 0.15) is 16.5 Å². The van der Waals surface area contributed by atoms with E-state index >= 15 is 0 Å². The number of halogens is 2. The van der Waals surface area contributed by atoms with Crippen molar-refractivity contribution in [2.45, 2.75) is 51.0 Å². The van der Waals surface area contributed by atoms with Gasteiger partial charge in [-0.15, -0.1) is 0 Å². The molecule has 4 aliphatic carbocycles. The van der Waals surface area contributed by atoms with E-state index in [9.17, 15) is 18.8 Å². The molecule has 6 rings (SSSR count). The molecule has 4 fully saturated rings. The third kappa shape index (κ3) is 4.41. The Morgan fingerprint density at radius 3 is 2.29 bits per heavy atom. The summed E-state index contributed by atoms with van der Waals surface area (Å²) in [7, 11) is 0. The number of ether oxygens (including phenoxy) is 1. The molecular weight excluding hydrogens is 463 g/mol. The SMILES string of the molecule is Cc1nn(-c2ccc(F)cc2)c(Cl)c1C(=O)OCC(=O)NC(=O)NC12CC3CC(CC(C3)C1)C2. The van der Waals surface area contributed by atoms with Crippen LogP contribution in [0.25, 0.3) is 5.69 Å². The molecule has 1 heterocycles. The molecule has 8 nitrogen and oxygen atoms in total. The Balaban J connectivity index is 1.16. The fraction of sp³-hybridized carbons (Fsp3) is 0.500. The van der Waals surface area contributed by atoms with Crippen molar-refractivity contribution in [3.8, 4) is 5.69 Å². The van der Waals surface area contributed by atoms with Gasteiger partial charge in [-0.1, -0.05) is 11.6 Å². The average Bonchev–Trinajstić information content (AvgIpc) is 3.05. The van der Waals surface area contributed by atoms with Gasteiger partial charge in [0.2, 0.25) is 0 Å². The number of aryl methyl sites for hydroxylation is 1. The summed E-state index contributed by atoms with van der Waals surface area (Å²) >= 11 is 6.31. The van der Waals surface area contributed by atoms with Gasteiger partial charge in [0.05, 0.1) is 11.4 Å². The highest BCUT2D eigenvalue weighted by Crippen LogP contribution is 2.55. The average molecular weight is 489 g/mol. The second-order valence-corrected chi connectivity index (χ2v) is 10.3. The first kappa shape index (κ1) is 22.8. The van der Waals surface area contributed by atoms with Crippen LogP contribution in [0.5, 0.6) is 0 Å². The second kappa shape index (κ2) is 8.69. The van der Waals surface area contributed by atoms with Gasteiger partial charge >= 0.3 is 12.0 Å². The van der Waals surface area contributed by atoms with Gasteiger partial charge in [-0.05, 0) is 87.5 Å². The minimum Gasteiger partial charge on any atom is -0.452 e. The lowest BCUT2D eigenvalue weighted by Crippen LogP contribution is -2.62. The van der Waals surface area contributed by atoms with Crippen molar-refractivity contribution < 1.29 is 23.5 Å². The standard InChI is InChI=1S/C24H26ClFN4O4/c1-13-20(21(25)30(29-13)18-4-2-17(26)3-5-18)22(32)34-12-19(31)27-23(33)28-24-9-14-6-15(10-24)8-16(7-14)11-24/h2-5,14-16H,6-12H2,1H3,(H2,27,28,31,33). The molecule has 4 saturated carbocycles.